The third kappa shape index (κ3) is 4.27. The van der Waals surface area contributed by atoms with Crippen LogP contribution in [0.1, 0.15) is 44.9 Å². The van der Waals surface area contributed by atoms with Crippen molar-refractivity contribution in [2.75, 3.05) is 19.0 Å². The fourth-order valence-corrected chi connectivity index (χ4v) is 4.06. The quantitative estimate of drug-likeness (QED) is 0.241. The van der Waals surface area contributed by atoms with Gasteiger partial charge in [-0.25, -0.2) is 4.79 Å². The van der Waals surface area contributed by atoms with Gasteiger partial charge < -0.3 is 24.8 Å². The van der Waals surface area contributed by atoms with Crippen LogP contribution in [0.15, 0.2) is 5.29 Å². The molecule has 0 radical (unpaired) electrons. The van der Waals surface area contributed by atoms with E-state index in [4.69, 9.17) is 21.1 Å². The number of aliphatic hydroxyl groups is 3. The number of rotatable bonds is 7. The molecule has 3 N–H and O–H groups in total. The second-order valence-electron chi connectivity index (χ2n) is 7.63. The molecule has 11 heteroatoms. The maximum Gasteiger partial charge on any atom is 0.345 e. The molecule has 0 aromatic carbocycles. The highest BCUT2D eigenvalue weighted by Crippen LogP contribution is 2.41. The van der Waals surface area contributed by atoms with Gasteiger partial charge in [0.1, 0.15) is 12.2 Å². The number of halogens is 1. The second kappa shape index (κ2) is 9.19. The van der Waals surface area contributed by atoms with Gasteiger partial charge in [-0.3, -0.25) is 4.90 Å². The van der Waals surface area contributed by atoms with Crippen LogP contribution >= 0.6 is 11.6 Å². The van der Waals surface area contributed by atoms with Gasteiger partial charge in [0.05, 0.1) is 24.5 Å². The third-order valence-electron chi connectivity index (χ3n) is 5.55. The lowest BCUT2D eigenvalue weighted by Gasteiger charge is -2.51. The molecule has 1 saturated heterocycles. The van der Waals surface area contributed by atoms with Crippen molar-refractivity contribution in [2.45, 2.75) is 81.3 Å². The molecule has 28 heavy (non-hydrogen) atoms. The molecule has 4 atom stereocenters. The molecule has 1 aliphatic heterocycles. The van der Waals surface area contributed by atoms with Gasteiger partial charge in [-0.1, -0.05) is 19.3 Å². The zero-order valence-corrected chi connectivity index (χ0v) is 16.4. The standard InChI is InChI=1S/C17H28ClN3O7/c18-8-9-20(19-26)16(24)21(11-6-7-11)17(25)14(23)13(22)10-27-15(17)28-12-4-2-1-3-5-12/h11-15,22-23,25H,1-10H2/t13-,14-,15-,17-/m0/s1. The number of amides is 2. The number of hydrogen-bond donors (Lipinski definition) is 3. The molecule has 0 bridgehead atoms. The Morgan fingerprint density at radius 3 is 2.46 bits per heavy atom. The van der Waals surface area contributed by atoms with E-state index in [2.05, 4.69) is 5.29 Å². The van der Waals surface area contributed by atoms with E-state index in [1.807, 2.05) is 0 Å². The minimum Gasteiger partial charge on any atom is -0.388 e. The van der Waals surface area contributed by atoms with Crippen LogP contribution in [0.3, 0.4) is 0 Å². The Morgan fingerprint density at radius 1 is 1.21 bits per heavy atom. The first-order chi connectivity index (χ1) is 13.4. The number of nitrogens with zero attached hydrogens (tertiary/aromatic N) is 3. The normalized spacial score (nSPS) is 34.1. The molecule has 3 fully saturated rings. The fourth-order valence-electron chi connectivity index (χ4n) is 3.90. The van der Waals surface area contributed by atoms with Crippen LogP contribution in [0.25, 0.3) is 0 Å². The molecule has 0 aromatic heterocycles. The van der Waals surface area contributed by atoms with E-state index in [-0.39, 0.29) is 25.1 Å². The first-order valence-electron chi connectivity index (χ1n) is 9.79. The molecule has 2 amide bonds. The van der Waals surface area contributed by atoms with E-state index in [1.165, 1.54) is 0 Å². The van der Waals surface area contributed by atoms with Gasteiger partial charge in [-0.15, -0.1) is 16.5 Å². The highest BCUT2D eigenvalue weighted by Gasteiger charge is 2.61. The number of nitroso groups, excluding NO2 is 1. The minimum atomic E-state index is -2.36. The van der Waals surface area contributed by atoms with E-state index in [0.717, 1.165) is 37.0 Å². The number of hydrogen-bond acceptors (Lipinski definition) is 8. The molecule has 0 unspecified atom stereocenters. The molecular formula is C17H28ClN3O7. The van der Waals surface area contributed by atoms with Crippen LogP contribution in [0.4, 0.5) is 4.79 Å². The predicted molar refractivity (Wildman–Crippen MR) is 98.1 cm³/mol. The van der Waals surface area contributed by atoms with Gasteiger partial charge in [0, 0.05) is 11.9 Å². The Balaban J connectivity index is 1.89. The van der Waals surface area contributed by atoms with Gasteiger partial charge >= 0.3 is 6.03 Å². The Labute approximate surface area is 168 Å². The summed E-state index contributed by atoms with van der Waals surface area (Å²) in [5.41, 5.74) is -2.36. The van der Waals surface area contributed by atoms with Crippen molar-refractivity contribution in [3.05, 3.63) is 4.91 Å². The van der Waals surface area contributed by atoms with Crippen molar-refractivity contribution in [2.24, 2.45) is 5.29 Å². The Morgan fingerprint density at radius 2 is 1.89 bits per heavy atom. The van der Waals surface area contributed by atoms with Crippen LogP contribution in [0, 0.1) is 4.91 Å². The number of ether oxygens (including phenoxy) is 2. The van der Waals surface area contributed by atoms with Gasteiger partial charge in [0.25, 0.3) is 0 Å². The maximum absolute atomic E-state index is 13.0. The third-order valence-corrected chi connectivity index (χ3v) is 5.72. The number of aliphatic hydroxyl groups excluding tert-OH is 2. The lowest BCUT2D eigenvalue weighted by molar-refractivity contribution is -0.362. The van der Waals surface area contributed by atoms with Crippen LogP contribution < -0.4 is 0 Å². The van der Waals surface area contributed by atoms with E-state index in [9.17, 15) is 25.0 Å². The van der Waals surface area contributed by atoms with Crippen molar-refractivity contribution in [1.29, 1.82) is 0 Å². The van der Waals surface area contributed by atoms with Gasteiger partial charge in [-0.2, -0.15) is 5.01 Å². The molecular weight excluding hydrogens is 394 g/mol. The number of urea groups is 1. The van der Waals surface area contributed by atoms with Crippen molar-refractivity contribution < 1.29 is 29.6 Å². The van der Waals surface area contributed by atoms with E-state index < -0.39 is 36.3 Å². The Bertz CT molecular complexity index is 561. The van der Waals surface area contributed by atoms with E-state index in [0.29, 0.717) is 17.9 Å². The second-order valence-corrected chi connectivity index (χ2v) is 8.01. The molecule has 3 rings (SSSR count). The zero-order valence-electron chi connectivity index (χ0n) is 15.7. The SMILES string of the molecule is O=NN(CCCl)C(=O)N(C1CC1)[C@@]1(O)[C@H](OC2CCCCC2)OC[C@H](O)[C@@H]1O. The van der Waals surface area contributed by atoms with Crippen molar-refractivity contribution in [1.82, 2.24) is 9.91 Å². The van der Waals surface area contributed by atoms with Crippen molar-refractivity contribution in [3.63, 3.8) is 0 Å². The topological polar surface area (TPSA) is 132 Å². The lowest BCUT2D eigenvalue weighted by atomic mass is 9.94. The largest absolute Gasteiger partial charge is 0.388 e. The van der Waals surface area contributed by atoms with Gasteiger partial charge in [-0.05, 0) is 25.7 Å². The summed E-state index contributed by atoms with van der Waals surface area (Å²) in [7, 11) is 0. The molecule has 2 aliphatic carbocycles. The predicted octanol–water partition coefficient (Wildman–Crippen LogP) is 0.909. The number of alkyl halides is 1. The Hall–Kier alpha value is -1.04. The molecule has 3 aliphatic rings. The zero-order chi connectivity index (χ0) is 20.3. The molecule has 0 aromatic rings. The van der Waals surface area contributed by atoms with E-state index in [1.54, 1.807) is 0 Å². The summed E-state index contributed by atoms with van der Waals surface area (Å²) in [6.45, 7) is -0.401. The van der Waals surface area contributed by atoms with Crippen LogP contribution in [-0.4, -0.2) is 86.7 Å². The summed E-state index contributed by atoms with van der Waals surface area (Å²) in [6.07, 6.45) is 1.05. The van der Waals surface area contributed by atoms with Crippen LogP contribution in [-0.2, 0) is 9.47 Å². The smallest absolute Gasteiger partial charge is 0.345 e. The average molecular weight is 422 g/mol. The molecule has 160 valence electrons. The minimum absolute atomic E-state index is 0.0297. The first-order valence-corrected chi connectivity index (χ1v) is 10.3. The molecule has 0 spiro atoms. The number of carbonyl (C=O) groups is 1. The summed E-state index contributed by atoms with van der Waals surface area (Å²) in [6, 6.07) is -1.34. The van der Waals surface area contributed by atoms with Crippen molar-refractivity contribution in [3.8, 4) is 0 Å². The summed E-state index contributed by atoms with van der Waals surface area (Å²) in [5, 5.41) is 35.6. The van der Waals surface area contributed by atoms with Crippen LogP contribution in [0.2, 0.25) is 0 Å². The monoisotopic (exact) mass is 421 g/mol. The average Bonchev–Trinajstić information content (AvgIpc) is 3.52. The van der Waals surface area contributed by atoms with E-state index >= 15 is 0 Å². The summed E-state index contributed by atoms with van der Waals surface area (Å²) in [5.74, 6) is -0.0297. The summed E-state index contributed by atoms with van der Waals surface area (Å²) in [4.78, 5) is 25.1. The fraction of sp³-hybridized carbons (Fsp3) is 0.941. The highest BCUT2D eigenvalue weighted by molar-refractivity contribution is 6.18. The van der Waals surface area contributed by atoms with Gasteiger partial charge in [0.15, 0.2) is 0 Å². The van der Waals surface area contributed by atoms with Crippen LogP contribution in [0.5, 0.6) is 0 Å². The number of carbonyl (C=O) groups excluding carboxylic acids is 1. The molecule has 10 nitrogen and oxygen atoms in total. The van der Waals surface area contributed by atoms with Crippen molar-refractivity contribution >= 4 is 17.6 Å². The molecule has 2 saturated carbocycles. The molecule has 1 heterocycles. The summed E-state index contributed by atoms with van der Waals surface area (Å²) < 4.78 is 11.5. The maximum atomic E-state index is 13.0. The first kappa shape index (κ1) is 21.7. The summed E-state index contributed by atoms with van der Waals surface area (Å²) >= 11 is 5.64. The lowest BCUT2D eigenvalue weighted by Crippen LogP contribution is -2.74. The highest BCUT2D eigenvalue weighted by atomic mass is 35.5. The van der Waals surface area contributed by atoms with Gasteiger partial charge in [0.2, 0.25) is 12.0 Å². The Kier molecular flexibility index (Phi) is 7.11.